The van der Waals surface area contributed by atoms with Gasteiger partial charge in [-0.05, 0) is 13.3 Å². The topological polar surface area (TPSA) is 67.1 Å². The molecule has 25 heavy (non-hydrogen) atoms. The van der Waals surface area contributed by atoms with Gasteiger partial charge in [0.05, 0.1) is 0 Å². The van der Waals surface area contributed by atoms with Crippen LogP contribution in [0.4, 0.5) is 0 Å². The molecule has 1 aromatic heterocycles. The molecule has 6 nitrogen and oxygen atoms in total. The number of nitrogens with one attached hydrogen (secondary N) is 2. The zero-order valence-corrected chi connectivity index (χ0v) is 18.4. The molecule has 0 radical (unpaired) electrons. The molecule has 2 N–H and O–H groups in total. The fourth-order valence-electron chi connectivity index (χ4n) is 2.37. The lowest BCUT2D eigenvalue weighted by molar-refractivity contribution is 0.584. The van der Waals surface area contributed by atoms with Crippen molar-refractivity contribution in [2.24, 2.45) is 12.0 Å². The largest absolute Gasteiger partial charge is 0.356 e. The maximum atomic E-state index is 4.59. The van der Waals surface area contributed by atoms with Crippen molar-refractivity contribution < 1.29 is 0 Å². The van der Waals surface area contributed by atoms with Crippen LogP contribution in [0, 0.1) is 6.92 Å². The normalized spacial score (nSPS) is 11.1. The highest BCUT2D eigenvalue weighted by atomic mass is 127. The van der Waals surface area contributed by atoms with Crippen molar-refractivity contribution >= 4 is 29.9 Å². The maximum absolute atomic E-state index is 4.59. The van der Waals surface area contributed by atoms with Gasteiger partial charge in [0.1, 0.15) is 12.4 Å². The Bertz CT molecular complexity index is 498. The van der Waals surface area contributed by atoms with Crippen LogP contribution in [0.15, 0.2) is 17.6 Å². The number of rotatable bonds is 12. The summed E-state index contributed by atoms with van der Waals surface area (Å²) in [6, 6.07) is 0. The van der Waals surface area contributed by atoms with Crippen molar-refractivity contribution in [3.05, 3.63) is 24.3 Å². The Labute approximate surface area is 170 Å². The molecule has 0 bridgehead atoms. The first-order valence-electron chi connectivity index (χ1n) is 9.17. The van der Waals surface area contributed by atoms with Crippen LogP contribution in [0.3, 0.4) is 0 Å². The van der Waals surface area contributed by atoms with E-state index in [1.54, 1.807) is 0 Å². The number of guanidine groups is 1. The Kier molecular flexibility index (Phi) is 14.5. The molecule has 0 aromatic carbocycles. The fourth-order valence-corrected chi connectivity index (χ4v) is 2.37. The maximum Gasteiger partial charge on any atom is 0.191 e. The first-order valence-corrected chi connectivity index (χ1v) is 9.17. The smallest absolute Gasteiger partial charge is 0.191 e. The molecule has 0 amide bonds. The van der Waals surface area contributed by atoms with Gasteiger partial charge in [0.25, 0.3) is 0 Å². The molecule has 7 heteroatoms. The summed E-state index contributed by atoms with van der Waals surface area (Å²) in [4.78, 5) is 4.59. The van der Waals surface area contributed by atoms with Crippen LogP contribution in [0.1, 0.15) is 63.5 Å². The summed E-state index contributed by atoms with van der Waals surface area (Å²) in [5, 5.41) is 14.8. The number of hydrogen-bond donors (Lipinski definition) is 2. The predicted octanol–water partition coefficient (Wildman–Crippen LogP) is 3.71. The summed E-state index contributed by atoms with van der Waals surface area (Å²) < 4.78 is 1.96. The first-order chi connectivity index (χ1) is 11.7. The number of aryl methyl sites for hydroxylation is 1. The number of unbranched alkanes of at least 4 members (excludes halogenated alkanes) is 6. The molecule has 0 spiro atoms. The third-order valence-electron chi connectivity index (χ3n) is 4.05. The summed E-state index contributed by atoms with van der Waals surface area (Å²) in [6.45, 7) is 10.1. The predicted molar refractivity (Wildman–Crippen MR) is 116 cm³/mol. The second kappa shape index (κ2) is 15.2. The fraction of sp³-hybridized carbons (Fsp3) is 0.722. The minimum Gasteiger partial charge on any atom is -0.356 e. The van der Waals surface area contributed by atoms with Gasteiger partial charge in [-0.2, -0.15) is 0 Å². The van der Waals surface area contributed by atoms with E-state index < -0.39 is 0 Å². The molecule has 0 atom stereocenters. The van der Waals surface area contributed by atoms with Crippen LogP contribution < -0.4 is 10.6 Å². The van der Waals surface area contributed by atoms with Crippen LogP contribution in [0.2, 0.25) is 0 Å². The third-order valence-corrected chi connectivity index (χ3v) is 4.05. The number of aromatic nitrogens is 3. The average molecular weight is 462 g/mol. The molecule has 1 aromatic rings. The number of halogens is 1. The molecule has 0 saturated heterocycles. The van der Waals surface area contributed by atoms with Crippen molar-refractivity contribution in [2.75, 3.05) is 13.1 Å². The molecule has 1 rings (SSSR count). The first kappa shape index (κ1) is 23.9. The monoisotopic (exact) mass is 462 g/mol. The van der Waals surface area contributed by atoms with Crippen molar-refractivity contribution in [1.29, 1.82) is 0 Å². The summed E-state index contributed by atoms with van der Waals surface area (Å²) in [6.07, 6.45) is 11.0. The van der Waals surface area contributed by atoms with Crippen LogP contribution in [-0.4, -0.2) is 33.8 Å². The van der Waals surface area contributed by atoms with E-state index in [0.717, 1.165) is 24.2 Å². The lowest BCUT2D eigenvalue weighted by Gasteiger charge is -2.11. The molecule has 0 aliphatic carbocycles. The van der Waals surface area contributed by atoms with E-state index in [2.05, 4.69) is 39.3 Å². The lowest BCUT2D eigenvalue weighted by atomic mass is 10.1. The Morgan fingerprint density at radius 3 is 2.40 bits per heavy atom. The minimum absolute atomic E-state index is 0. The van der Waals surface area contributed by atoms with Gasteiger partial charge in [0, 0.05) is 20.1 Å². The van der Waals surface area contributed by atoms with E-state index in [9.17, 15) is 0 Å². The summed E-state index contributed by atoms with van der Waals surface area (Å²) in [7, 11) is 1.96. The minimum atomic E-state index is 0. The quantitative estimate of drug-likeness (QED) is 0.163. The molecule has 1 heterocycles. The van der Waals surface area contributed by atoms with Gasteiger partial charge in [-0.15, -0.1) is 40.8 Å². The second-order valence-corrected chi connectivity index (χ2v) is 6.10. The average Bonchev–Trinajstić information content (AvgIpc) is 2.90. The zero-order chi connectivity index (χ0) is 17.6. The molecule has 0 aliphatic rings. The standard InChI is InChI=1S/C18H34N6.HI/c1-5-7-8-9-10-11-12-14-20-18(19-13-6-2)21-15-17-23-22-16(3)24(17)4;/h6H,2,5,7-15H2,1,3-4H3,(H2,19,20,21);1H. The van der Waals surface area contributed by atoms with Gasteiger partial charge in [-0.25, -0.2) is 4.99 Å². The number of nitrogens with zero attached hydrogens (tertiary/aromatic N) is 4. The van der Waals surface area contributed by atoms with Gasteiger partial charge in [-0.1, -0.05) is 51.5 Å². The number of aliphatic imine (C=N–C) groups is 1. The van der Waals surface area contributed by atoms with Crippen LogP contribution in [0.5, 0.6) is 0 Å². The van der Waals surface area contributed by atoms with Crippen molar-refractivity contribution in [3.63, 3.8) is 0 Å². The highest BCUT2D eigenvalue weighted by molar-refractivity contribution is 14.0. The Morgan fingerprint density at radius 1 is 1.12 bits per heavy atom. The Morgan fingerprint density at radius 2 is 1.80 bits per heavy atom. The summed E-state index contributed by atoms with van der Waals surface area (Å²) >= 11 is 0. The molecule has 144 valence electrons. The van der Waals surface area contributed by atoms with E-state index in [-0.39, 0.29) is 24.0 Å². The van der Waals surface area contributed by atoms with E-state index in [1.807, 2.05) is 24.6 Å². The van der Waals surface area contributed by atoms with E-state index in [4.69, 9.17) is 0 Å². The third kappa shape index (κ3) is 10.5. The van der Waals surface area contributed by atoms with E-state index in [1.165, 1.54) is 44.9 Å². The molecule has 0 unspecified atom stereocenters. The highest BCUT2D eigenvalue weighted by Crippen LogP contribution is 2.06. The molecular weight excluding hydrogens is 427 g/mol. The van der Waals surface area contributed by atoms with Crippen molar-refractivity contribution in [1.82, 2.24) is 25.4 Å². The molecular formula is C18H35IN6. The number of hydrogen-bond acceptors (Lipinski definition) is 3. The van der Waals surface area contributed by atoms with Crippen molar-refractivity contribution in [3.8, 4) is 0 Å². The Balaban J connectivity index is 0.00000576. The van der Waals surface area contributed by atoms with Gasteiger partial charge >= 0.3 is 0 Å². The Hall–Kier alpha value is -1.12. The van der Waals surface area contributed by atoms with Gasteiger partial charge in [0.2, 0.25) is 0 Å². The van der Waals surface area contributed by atoms with Gasteiger partial charge in [-0.3, -0.25) is 0 Å². The van der Waals surface area contributed by atoms with Gasteiger partial charge < -0.3 is 15.2 Å². The van der Waals surface area contributed by atoms with Gasteiger partial charge in [0.15, 0.2) is 11.8 Å². The molecule has 0 aliphatic heterocycles. The SMILES string of the molecule is C=CCNC(=NCc1nnc(C)n1C)NCCCCCCCCC.I. The summed E-state index contributed by atoms with van der Waals surface area (Å²) in [5.74, 6) is 2.57. The molecule has 0 saturated carbocycles. The summed E-state index contributed by atoms with van der Waals surface area (Å²) in [5.41, 5.74) is 0. The van der Waals surface area contributed by atoms with Crippen LogP contribution in [0.25, 0.3) is 0 Å². The highest BCUT2D eigenvalue weighted by Gasteiger charge is 2.04. The van der Waals surface area contributed by atoms with Crippen LogP contribution >= 0.6 is 24.0 Å². The van der Waals surface area contributed by atoms with Crippen LogP contribution in [-0.2, 0) is 13.6 Å². The second-order valence-electron chi connectivity index (χ2n) is 6.10. The zero-order valence-electron chi connectivity index (χ0n) is 16.1. The van der Waals surface area contributed by atoms with E-state index >= 15 is 0 Å². The van der Waals surface area contributed by atoms with E-state index in [0.29, 0.717) is 13.1 Å². The molecule has 0 fully saturated rings. The lowest BCUT2D eigenvalue weighted by Crippen LogP contribution is -2.38. The van der Waals surface area contributed by atoms with Crippen molar-refractivity contribution in [2.45, 2.75) is 65.3 Å².